The van der Waals surface area contributed by atoms with E-state index in [1.807, 2.05) is 0 Å². The van der Waals surface area contributed by atoms with Gasteiger partial charge in [-0.05, 0) is 31.4 Å². The summed E-state index contributed by atoms with van der Waals surface area (Å²) in [5.74, 6) is 0.526. The highest BCUT2D eigenvalue weighted by Crippen LogP contribution is 2.22. The molecule has 0 saturated carbocycles. The molecule has 0 aliphatic carbocycles. The monoisotopic (exact) mass is 217 g/mol. The molecule has 1 heteroatoms. The molecule has 0 aromatic heterocycles. The van der Waals surface area contributed by atoms with Crippen molar-refractivity contribution in [3.8, 4) is 0 Å². The van der Waals surface area contributed by atoms with E-state index in [1.165, 1.54) is 11.1 Å². The Bertz CT molecular complexity index is 315. The summed E-state index contributed by atoms with van der Waals surface area (Å²) >= 11 is 0. The van der Waals surface area contributed by atoms with Gasteiger partial charge < -0.3 is 5.32 Å². The quantitative estimate of drug-likeness (QED) is 0.716. The summed E-state index contributed by atoms with van der Waals surface area (Å²) in [5.41, 5.74) is 2.64. The average Bonchev–Trinajstić information content (AvgIpc) is 2.28. The highest BCUT2D eigenvalue weighted by atomic mass is 14.9. The lowest BCUT2D eigenvalue weighted by atomic mass is 9.89. The van der Waals surface area contributed by atoms with Gasteiger partial charge in [-0.3, -0.25) is 0 Å². The van der Waals surface area contributed by atoms with Gasteiger partial charge in [-0.15, -0.1) is 6.58 Å². The fourth-order valence-corrected chi connectivity index (χ4v) is 2.05. The second kappa shape index (κ2) is 6.49. The molecule has 1 N–H and O–H groups in total. The Balaban J connectivity index is 2.74. The Kier molecular flexibility index (Phi) is 5.27. The molecule has 0 spiro atoms. The van der Waals surface area contributed by atoms with E-state index in [0.717, 1.165) is 13.0 Å². The van der Waals surface area contributed by atoms with Crippen LogP contribution < -0.4 is 5.32 Å². The summed E-state index contributed by atoms with van der Waals surface area (Å²) in [6, 6.07) is 11.2. The minimum absolute atomic E-state index is 0.491. The van der Waals surface area contributed by atoms with Gasteiger partial charge in [0.2, 0.25) is 0 Å². The molecule has 16 heavy (non-hydrogen) atoms. The van der Waals surface area contributed by atoms with Gasteiger partial charge in [-0.1, -0.05) is 49.8 Å². The second-order valence-electron chi connectivity index (χ2n) is 4.52. The largest absolute Gasteiger partial charge is 0.313 e. The third kappa shape index (κ3) is 3.82. The molecule has 0 saturated heterocycles. The topological polar surface area (TPSA) is 12.0 Å². The molecule has 0 fully saturated rings. The van der Waals surface area contributed by atoms with Gasteiger partial charge in [0.25, 0.3) is 0 Å². The zero-order chi connectivity index (χ0) is 12.0. The molecule has 1 aromatic carbocycles. The van der Waals surface area contributed by atoms with Gasteiger partial charge in [0.15, 0.2) is 0 Å². The maximum absolute atomic E-state index is 4.01. The normalized spacial score (nSPS) is 14.4. The van der Waals surface area contributed by atoms with Crippen LogP contribution >= 0.6 is 0 Å². The van der Waals surface area contributed by atoms with Gasteiger partial charge in [0.05, 0.1) is 0 Å². The van der Waals surface area contributed by atoms with Crippen molar-refractivity contribution in [2.75, 3.05) is 6.54 Å². The first-order valence-corrected chi connectivity index (χ1v) is 6.07. The lowest BCUT2D eigenvalue weighted by Gasteiger charge is -2.25. The smallest absolute Gasteiger partial charge is 0.0170 e. The van der Waals surface area contributed by atoms with Crippen LogP contribution in [0.2, 0.25) is 0 Å². The Labute approximate surface area is 99.6 Å². The molecule has 0 aliphatic heterocycles. The van der Waals surface area contributed by atoms with Gasteiger partial charge in [-0.2, -0.15) is 0 Å². The Hall–Kier alpha value is -1.08. The molecule has 0 heterocycles. The number of hydrogen-bond donors (Lipinski definition) is 1. The predicted molar refractivity (Wildman–Crippen MR) is 71.8 cm³/mol. The number of likely N-dealkylation sites (N-methyl/N-ethyl adjacent to an activating group) is 1. The molecular formula is C15H23N. The first-order chi connectivity index (χ1) is 7.65. The lowest BCUT2D eigenvalue weighted by molar-refractivity contribution is 0.457. The SMILES string of the molecule is C=C(C)CC(NCC)C(C)c1ccccc1. The number of hydrogen-bond acceptors (Lipinski definition) is 1. The van der Waals surface area contributed by atoms with Crippen molar-refractivity contribution in [2.24, 2.45) is 0 Å². The van der Waals surface area contributed by atoms with E-state index in [4.69, 9.17) is 0 Å². The van der Waals surface area contributed by atoms with Gasteiger partial charge in [-0.25, -0.2) is 0 Å². The molecule has 2 atom stereocenters. The molecule has 1 aromatic rings. The van der Waals surface area contributed by atoms with Crippen LogP contribution in [0.15, 0.2) is 42.5 Å². The van der Waals surface area contributed by atoms with Crippen LogP contribution in [0.5, 0.6) is 0 Å². The van der Waals surface area contributed by atoms with E-state index in [-0.39, 0.29) is 0 Å². The Morgan fingerprint density at radius 1 is 1.31 bits per heavy atom. The fraction of sp³-hybridized carbons (Fsp3) is 0.467. The fourth-order valence-electron chi connectivity index (χ4n) is 2.05. The van der Waals surface area contributed by atoms with Crippen LogP contribution in [0.4, 0.5) is 0 Å². The lowest BCUT2D eigenvalue weighted by Crippen LogP contribution is -2.33. The summed E-state index contributed by atoms with van der Waals surface area (Å²) in [6.45, 7) is 11.6. The summed E-state index contributed by atoms with van der Waals surface area (Å²) in [4.78, 5) is 0. The first kappa shape index (κ1) is 13.0. The average molecular weight is 217 g/mol. The van der Waals surface area contributed by atoms with E-state index in [0.29, 0.717) is 12.0 Å². The first-order valence-electron chi connectivity index (χ1n) is 6.07. The van der Waals surface area contributed by atoms with Crippen LogP contribution in [0.3, 0.4) is 0 Å². The third-order valence-corrected chi connectivity index (χ3v) is 2.96. The molecular weight excluding hydrogens is 194 g/mol. The zero-order valence-corrected chi connectivity index (χ0v) is 10.7. The van der Waals surface area contributed by atoms with E-state index in [9.17, 15) is 0 Å². The Morgan fingerprint density at radius 3 is 2.44 bits per heavy atom. The van der Waals surface area contributed by atoms with Crippen molar-refractivity contribution in [2.45, 2.75) is 39.2 Å². The van der Waals surface area contributed by atoms with Crippen LogP contribution in [-0.4, -0.2) is 12.6 Å². The minimum Gasteiger partial charge on any atom is -0.313 e. The van der Waals surface area contributed by atoms with E-state index in [1.54, 1.807) is 0 Å². The van der Waals surface area contributed by atoms with E-state index < -0.39 is 0 Å². The zero-order valence-electron chi connectivity index (χ0n) is 10.7. The number of rotatable bonds is 6. The van der Waals surface area contributed by atoms with Gasteiger partial charge in [0, 0.05) is 6.04 Å². The minimum atomic E-state index is 0.491. The third-order valence-electron chi connectivity index (χ3n) is 2.96. The van der Waals surface area contributed by atoms with Crippen molar-refractivity contribution in [1.82, 2.24) is 5.32 Å². The maximum atomic E-state index is 4.01. The summed E-state index contributed by atoms with van der Waals surface area (Å²) in [6.07, 6.45) is 1.05. The van der Waals surface area contributed by atoms with Crippen molar-refractivity contribution in [3.63, 3.8) is 0 Å². The number of benzene rings is 1. The number of nitrogens with one attached hydrogen (secondary N) is 1. The molecule has 2 unspecified atom stereocenters. The van der Waals surface area contributed by atoms with Crippen molar-refractivity contribution >= 4 is 0 Å². The molecule has 0 amide bonds. The maximum Gasteiger partial charge on any atom is 0.0170 e. The molecule has 1 rings (SSSR count). The van der Waals surface area contributed by atoms with Crippen molar-refractivity contribution in [3.05, 3.63) is 48.0 Å². The highest BCUT2D eigenvalue weighted by molar-refractivity contribution is 5.21. The molecule has 0 radical (unpaired) electrons. The predicted octanol–water partition coefficient (Wildman–Crippen LogP) is 3.73. The summed E-state index contributed by atoms with van der Waals surface area (Å²) in [5, 5.41) is 3.55. The summed E-state index contributed by atoms with van der Waals surface area (Å²) in [7, 11) is 0. The van der Waals surface area contributed by atoms with E-state index >= 15 is 0 Å². The van der Waals surface area contributed by atoms with Crippen molar-refractivity contribution in [1.29, 1.82) is 0 Å². The van der Waals surface area contributed by atoms with Crippen LogP contribution in [0, 0.1) is 0 Å². The molecule has 88 valence electrons. The molecule has 1 nitrogen and oxygen atoms in total. The standard InChI is InChI=1S/C15H23N/c1-5-16-15(11-12(2)3)13(4)14-9-7-6-8-10-14/h6-10,13,15-16H,2,5,11H2,1,3-4H3. The Morgan fingerprint density at radius 2 is 1.94 bits per heavy atom. The van der Waals surface area contributed by atoms with Crippen LogP contribution in [-0.2, 0) is 0 Å². The highest BCUT2D eigenvalue weighted by Gasteiger charge is 2.17. The van der Waals surface area contributed by atoms with Gasteiger partial charge >= 0.3 is 0 Å². The van der Waals surface area contributed by atoms with Crippen LogP contribution in [0.1, 0.15) is 38.7 Å². The molecule has 0 bridgehead atoms. The van der Waals surface area contributed by atoms with E-state index in [2.05, 4.69) is 63.0 Å². The molecule has 0 aliphatic rings. The van der Waals surface area contributed by atoms with Crippen molar-refractivity contribution < 1.29 is 0 Å². The second-order valence-corrected chi connectivity index (χ2v) is 4.52. The van der Waals surface area contributed by atoms with Gasteiger partial charge in [0.1, 0.15) is 0 Å². The van der Waals surface area contributed by atoms with Crippen LogP contribution in [0.25, 0.3) is 0 Å². The summed E-state index contributed by atoms with van der Waals surface area (Å²) < 4.78 is 0.